The van der Waals surface area contributed by atoms with Crippen LogP contribution in [-0.4, -0.2) is 26.6 Å². The van der Waals surface area contributed by atoms with Crippen LogP contribution in [0.1, 0.15) is 11.3 Å². The molecular weight excluding hydrogens is 238 g/mol. The second-order valence-electron chi connectivity index (χ2n) is 4.67. The van der Waals surface area contributed by atoms with E-state index in [-0.39, 0.29) is 0 Å². The maximum atomic E-state index is 4.70. The quantitative estimate of drug-likeness (QED) is 0.769. The van der Waals surface area contributed by atoms with Gasteiger partial charge in [0, 0.05) is 30.7 Å². The topological polar surface area (TPSA) is 47.7 Å². The van der Waals surface area contributed by atoms with Crippen molar-refractivity contribution in [2.24, 2.45) is 7.05 Å². The highest BCUT2D eigenvalue weighted by atomic mass is 15.3. The Labute approximate surface area is 111 Å². The number of hydrogen-bond donors (Lipinski definition) is 1. The Morgan fingerprint density at radius 3 is 2.84 bits per heavy atom. The summed E-state index contributed by atoms with van der Waals surface area (Å²) in [7, 11) is 3.87. The van der Waals surface area contributed by atoms with Gasteiger partial charge in [-0.15, -0.1) is 0 Å². The predicted octanol–water partition coefficient (Wildman–Crippen LogP) is 1.54. The van der Waals surface area contributed by atoms with Crippen LogP contribution in [0.5, 0.6) is 0 Å². The van der Waals surface area contributed by atoms with Crippen LogP contribution in [0, 0.1) is 0 Å². The monoisotopic (exact) mass is 255 g/mol. The van der Waals surface area contributed by atoms with E-state index in [4.69, 9.17) is 5.10 Å². The summed E-state index contributed by atoms with van der Waals surface area (Å²) < 4.78 is 3.86. The Morgan fingerprint density at radius 1 is 1.26 bits per heavy atom. The zero-order chi connectivity index (χ0) is 13.2. The van der Waals surface area contributed by atoms with Gasteiger partial charge in [-0.05, 0) is 13.1 Å². The lowest BCUT2D eigenvalue weighted by Gasteiger charge is -2.00. The summed E-state index contributed by atoms with van der Waals surface area (Å²) in [4.78, 5) is 0. The molecule has 98 valence electrons. The summed E-state index contributed by atoms with van der Waals surface area (Å²) in [6, 6.07) is 8.33. The number of fused-ring (bicyclic) bond motifs is 1. The molecule has 0 aliphatic rings. The average molecular weight is 255 g/mol. The molecule has 1 N–H and O–H groups in total. The van der Waals surface area contributed by atoms with Gasteiger partial charge in [-0.2, -0.15) is 10.2 Å². The molecule has 0 aliphatic heterocycles. The molecule has 2 heterocycles. The van der Waals surface area contributed by atoms with E-state index < -0.39 is 0 Å². The zero-order valence-corrected chi connectivity index (χ0v) is 11.2. The van der Waals surface area contributed by atoms with Crippen LogP contribution in [0.15, 0.2) is 36.7 Å². The highest BCUT2D eigenvalue weighted by Crippen LogP contribution is 2.19. The summed E-state index contributed by atoms with van der Waals surface area (Å²) >= 11 is 0. The van der Waals surface area contributed by atoms with Crippen LogP contribution < -0.4 is 5.32 Å². The van der Waals surface area contributed by atoms with Crippen molar-refractivity contribution in [2.75, 3.05) is 7.05 Å². The molecule has 0 saturated heterocycles. The van der Waals surface area contributed by atoms with Gasteiger partial charge in [0.05, 0.1) is 24.0 Å². The number of rotatable bonds is 4. The highest BCUT2D eigenvalue weighted by Gasteiger charge is 2.10. The first-order valence-electron chi connectivity index (χ1n) is 6.34. The first kappa shape index (κ1) is 11.9. The summed E-state index contributed by atoms with van der Waals surface area (Å²) in [5.74, 6) is 0. The van der Waals surface area contributed by atoms with E-state index in [1.807, 2.05) is 41.9 Å². The minimum Gasteiger partial charge on any atom is -0.314 e. The maximum Gasteiger partial charge on any atom is 0.0841 e. The summed E-state index contributed by atoms with van der Waals surface area (Å²) in [6.07, 6.45) is 3.91. The summed E-state index contributed by atoms with van der Waals surface area (Å²) in [5.41, 5.74) is 3.41. The zero-order valence-electron chi connectivity index (χ0n) is 11.2. The minimum atomic E-state index is 0.748. The van der Waals surface area contributed by atoms with Crippen LogP contribution in [0.25, 0.3) is 10.9 Å². The second kappa shape index (κ2) is 4.85. The van der Waals surface area contributed by atoms with Crippen molar-refractivity contribution in [3.05, 3.63) is 47.9 Å². The molecular formula is C14H17N5. The van der Waals surface area contributed by atoms with Crippen molar-refractivity contribution < 1.29 is 0 Å². The molecule has 3 aromatic rings. The number of aryl methyl sites for hydroxylation is 1. The van der Waals surface area contributed by atoms with Gasteiger partial charge < -0.3 is 5.32 Å². The van der Waals surface area contributed by atoms with E-state index in [0.717, 1.165) is 29.9 Å². The van der Waals surface area contributed by atoms with Crippen LogP contribution in [0.3, 0.4) is 0 Å². The fraction of sp³-hybridized carbons (Fsp3) is 0.286. The van der Waals surface area contributed by atoms with Gasteiger partial charge in [-0.1, -0.05) is 18.2 Å². The molecule has 5 nitrogen and oxygen atoms in total. The average Bonchev–Trinajstić information content (AvgIpc) is 2.97. The number of aromatic nitrogens is 4. The normalized spacial score (nSPS) is 11.3. The maximum absolute atomic E-state index is 4.70. The Morgan fingerprint density at radius 2 is 2.11 bits per heavy atom. The molecule has 0 fully saturated rings. The van der Waals surface area contributed by atoms with Crippen molar-refractivity contribution in [3.8, 4) is 0 Å². The smallest absolute Gasteiger partial charge is 0.0841 e. The first-order chi connectivity index (χ1) is 9.28. The van der Waals surface area contributed by atoms with Gasteiger partial charge in [-0.25, -0.2) is 0 Å². The lowest BCUT2D eigenvalue weighted by Crippen LogP contribution is -2.07. The first-order valence-corrected chi connectivity index (χ1v) is 6.34. The Kier molecular flexibility index (Phi) is 3.05. The van der Waals surface area contributed by atoms with Crippen molar-refractivity contribution in [3.63, 3.8) is 0 Å². The van der Waals surface area contributed by atoms with Gasteiger partial charge in [-0.3, -0.25) is 9.36 Å². The van der Waals surface area contributed by atoms with Crippen molar-refractivity contribution in [1.29, 1.82) is 0 Å². The standard InChI is InChI=1S/C14H17N5/c1-15-8-13-12-5-3-4-6-14(12)19(17-13)10-11-7-16-18(2)9-11/h3-7,9,15H,8,10H2,1-2H3. The molecule has 3 rings (SSSR count). The second-order valence-corrected chi connectivity index (χ2v) is 4.67. The van der Waals surface area contributed by atoms with Crippen LogP contribution in [-0.2, 0) is 20.1 Å². The highest BCUT2D eigenvalue weighted by molar-refractivity contribution is 5.82. The molecule has 0 atom stereocenters. The molecule has 19 heavy (non-hydrogen) atoms. The van der Waals surface area contributed by atoms with Gasteiger partial charge in [0.15, 0.2) is 0 Å². The lowest BCUT2D eigenvalue weighted by molar-refractivity contribution is 0.676. The van der Waals surface area contributed by atoms with E-state index in [0.29, 0.717) is 0 Å². The molecule has 1 aromatic carbocycles. The molecule has 0 bridgehead atoms. The number of para-hydroxylation sites is 1. The van der Waals surface area contributed by atoms with E-state index in [9.17, 15) is 0 Å². The van der Waals surface area contributed by atoms with E-state index in [1.54, 1.807) is 0 Å². The van der Waals surface area contributed by atoms with Gasteiger partial charge >= 0.3 is 0 Å². The lowest BCUT2D eigenvalue weighted by atomic mass is 10.2. The molecule has 0 spiro atoms. The van der Waals surface area contributed by atoms with Crippen LogP contribution >= 0.6 is 0 Å². The molecule has 2 aromatic heterocycles. The molecule has 0 amide bonds. The number of hydrogen-bond acceptors (Lipinski definition) is 3. The molecule has 0 unspecified atom stereocenters. The third-order valence-corrected chi connectivity index (χ3v) is 3.17. The molecule has 0 radical (unpaired) electrons. The Balaban J connectivity index is 2.03. The van der Waals surface area contributed by atoms with E-state index in [2.05, 4.69) is 28.6 Å². The predicted molar refractivity (Wildman–Crippen MR) is 74.8 cm³/mol. The SMILES string of the molecule is CNCc1nn(Cc2cnn(C)c2)c2ccccc12. The molecule has 0 saturated carbocycles. The Hall–Kier alpha value is -2.14. The number of benzene rings is 1. The van der Waals surface area contributed by atoms with Crippen LogP contribution in [0.4, 0.5) is 0 Å². The summed E-state index contributed by atoms with van der Waals surface area (Å²) in [6.45, 7) is 1.53. The largest absolute Gasteiger partial charge is 0.314 e. The number of nitrogens with one attached hydrogen (secondary N) is 1. The van der Waals surface area contributed by atoms with Crippen molar-refractivity contribution in [1.82, 2.24) is 24.9 Å². The summed E-state index contributed by atoms with van der Waals surface area (Å²) in [5, 5.41) is 13.3. The minimum absolute atomic E-state index is 0.748. The third-order valence-electron chi connectivity index (χ3n) is 3.17. The fourth-order valence-electron chi connectivity index (χ4n) is 2.34. The van der Waals surface area contributed by atoms with E-state index >= 15 is 0 Å². The number of nitrogens with zero attached hydrogens (tertiary/aromatic N) is 4. The Bertz CT molecular complexity index is 695. The van der Waals surface area contributed by atoms with Gasteiger partial charge in [0.2, 0.25) is 0 Å². The van der Waals surface area contributed by atoms with Crippen LogP contribution in [0.2, 0.25) is 0 Å². The van der Waals surface area contributed by atoms with E-state index in [1.165, 1.54) is 5.39 Å². The van der Waals surface area contributed by atoms with Crippen molar-refractivity contribution >= 4 is 10.9 Å². The molecule has 5 heteroatoms. The van der Waals surface area contributed by atoms with Gasteiger partial charge in [0.25, 0.3) is 0 Å². The van der Waals surface area contributed by atoms with Gasteiger partial charge in [0.1, 0.15) is 0 Å². The third kappa shape index (κ3) is 2.24. The van der Waals surface area contributed by atoms with Crippen molar-refractivity contribution in [2.45, 2.75) is 13.1 Å². The molecule has 0 aliphatic carbocycles. The fourth-order valence-corrected chi connectivity index (χ4v) is 2.34.